The fourth-order valence-electron chi connectivity index (χ4n) is 1.54. The number of halogens is 3. The van der Waals surface area contributed by atoms with E-state index in [9.17, 15) is 0 Å². The molecule has 0 heterocycles. The van der Waals surface area contributed by atoms with E-state index in [0.29, 0.717) is 22.4 Å². The second-order valence-corrected chi connectivity index (χ2v) is 5.51. The number of hydrogen-bond acceptors (Lipinski definition) is 1. The maximum Gasteiger partial charge on any atom is 0.156 e. The monoisotopic (exact) mass is 344 g/mol. The lowest BCUT2D eigenvalue weighted by Crippen LogP contribution is -2.02. The van der Waals surface area contributed by atoms with E-state index in [-0.39, 0.29) is 0 Å². The minimum Gasteiger partial charge on any atom is -0.490 e. The standard InChI is InChI=1S/C14H11BrCl2O/c15-11-6-4-10(5-7-11)8-9-18-14-12(16)2-1-3-13(14)17/h1-7H,8-9H2. The van der Waals surface area contributed by atoms with Crippen LogP contribution in [0.4, 0.5) is 0 Å². The Labute approximate surface area is 125 Å². The summed E-state index contributed by atoms with van der Waals surface area (Å²) in [7, 11) is 0. The molecule has 0 saturated heterocycles. The van der Waals surface area contributed by atoms with Crippen LogP contribution in [-0.2, 0) is 6.42 Å². The molecule has 0 fully saturated rings. The van der Waals surface area contributed by atoms with Crippen LogP contribution in [0.2, 0.25) is 10.0 Å². The van der Waals surface area contributed by atoms with Crippen LogP contribution in [0.25, 0.3) is 0 Å². The van der Waals surface area contributed by atoms with Crippen molar-refractivity contribution in [2.45, 2.75) is 6.42 Å². The smallest absolute Gasteiger partial charge is 0.156 e. The molecule has 0 amide bonds. The number of hydrogen-bond donors (Lipinski definition) is 0. The first-order chi connectivity index (χ1) is 8.66. The second-order valence-electron chi connectivity index (χ2n) is 3.78. The van der Waals surface area contributed by atoms with Gasteiger partial charge in [0.1, 0.15) is 0 Å². The van der Waals surface area contributed by atoms with Gasteiger partial charge in [0.15, 0.2) is 5.75 Å². The van der Waals surface area contributed by atoms with Crippen molar-refractivity contribution in [1.29, 1.82) is 0 Å². The maximum atomic E-state index is 6.02. The van der Waals surface area contributed by atoms with Crippen LogP contribution >= 0.6 is 39.1 Å². The predicted octanol–water partition coefficient (Wildman–Crippen LogP) is 5.38. The van der Waals surface area contributed by atoms with Crippen molar-refractivity contribution >= 4 is 39.1 Å². The van der Waals surface area contributed by atoms with Crippen LogP contribution in [-0.4, -0.2) is 6.61 Å². The minimum absolute atomic E-state index is 0.540. The Bertz CT molecular complexity index is 506. The summed E-state index contributed by atoms with van der Waals surface area (Å²) in [6, 6.07) is 13.5. The first-order valence-electron chi connectivity index (χ1n) is 5.48. The first kappa shape index (κ1) is 13.7. The fraction of sp³-hybridized carbons (Fsp3) is 0.143. The van der Waals surface area contributed by atoms with Crippen LogP contribution in [0, 0.1) is 0 Å². The highest BCUT2D eigenvalue weighted by molar-refractivity contribution is 9.10. The number of benzene rings is 2. The highest BCUT2D eigenvalue weighted by Crippen LogP contribution is 2.32. The largest absolute Gasteiger partial charge is 0.490 e. The topological polar surface area (TPSA) is 9.23 Å². The van der Waals surface area contributed by atoms with Crippen LogP contribution in [0.5, 0.6) is 5.75 Å². The van der Waals surface area contributed by atoms with Crippen LogP contribution in [0.1, 0.15) is 5.56 Å². The highest BCUT2D eigenvalue weighted by atomic mass is 79.9. The van der Waals surface area contributed by atoms with Crippen molar-refractivity contribution in [3.8, 4) is 5.75 Å². The molecular formula is C14H11BrCl2O. The molecule has 0 aliphatic carbocycles. The summed E-state index contributed by atoms with van der Waals surface area (Å²) in [6.45, 7) is 0.547. The van der Waals surface area contributed by atoms with E-state index in [1.807, 2.05) is 12.1 Å². The first-order valence-corrected chi connectivity index (χ1v) is 7.03. The molecule has 0 radical (unpaired) electrons. The Hall–Kier alpha value is -0.700. The molecule has 0 atom stereocenters. The van der Waals surface area contributed by atoms with Gasteiger partial charge in [-0.15, -0.1) is 0 Å². The lowest BCUT2D eigenvalue weighted by atomic mass is 10.2. The summed E-state index contributed by atoms with van der Waals surface area (Å²) in [5.74, 6) is 0.554. The molecule has 2 aromatic carbocycles. The van der Waals surface area contributed by atoms with Crippen LogP contribution in [0.15, 0.2) is 46.9 Å². The SMILES string of the molecule is Clc1cccc(Cl)c1OCCc1ccc(Br)cc1. The molecule has 1 nitrogen and oxygen atoms in total. The summed E-state index contributed by atoms with van der Waals surface area (Å²) in [5.41, 5.74) is 1.21. The van der Waals surface area contributed by atoms with Gasteiger partial charge in [0.05, 0.1) is 16.7 Å². The predicted molar refractivity (Wildman–Crippen MR) is 79.8 cm³/mol. The average Bonchev–Trinajstić information content (AvgIpc) is 2.35. The number of para-hydroxylation sites is 1. The second kappa shape index (κ2) is 6.46. The van der Waals surface area contributed by atoms with Gasteiger partial charge in [-0.1, -0.05) is 57.3 Å². The third kappa shape index (κ3) is 3.64. The Morgan fingerprint density at radius 1 is 0.944 bits per heavy atom. The van der Waals surface area contributed by atoms with E-state index in [1.165, 1.54) is 5.56 Å². The normalized spacial score (nSPS) is 10.4. The van der Waals surface area contributed by atoms with E-state index in [1.54, 1.807) is 18.2 Å². The Morgan fingerprint density at radius 2 is 1.56 bits per heavy atom. The molecule has 0 saturated carbocycles. The molecule has 4 heteroatoms. The van der Waals surface area contributed by atoms with E-state index >= 15 is 0 Å². The van der Waals surface area contributed by atoms with Crippen LogP contribution < -0.4 is 4.74 Å². The van der Waals surface area contributed by atoms with Gasteiger partial charge in [-0.3, -0.25) is 0 Å². The molecule has 94 valence electrons. The molecular weight excluding hydrogens is 335 g/mol. The van der Waals surface area contributed by atoms with Crippen molar-refractivity contribution in [3.05, 3.63) is 62.5 Å². The number of rotatable bonds is 4. The lowest BCUT2D eigenvalue weighted by molar-refractivity contribution is 0.322. The average molecular weight is 346 g/mol. The third-order valence-electron chi connectivity index (χ3n) is 2.47. The van der Waals surface area contributed by atoms with Crippen molar-refractivity contribution in [2.24, 2.45) is 0 Å². The Kier molecular flexibility index (Phi) is 4.93. The third-order valence-corrected chi connectivity index (χ3v) is 3.59. The van der Waals surface area contributed by atoms with E-state index in [2.05, 4.69) is 28.1 Å². The Balaban J connectivity index is 1.94. The van der Waals surface area contributed by atoms with Gasteiger partial charge >= 0.3 is 0 Å². The van der Waals surface area contributed by atoms with Crippen LogP contribution in [0.3, 0.4) is 0 Å². The van der Waals surface area contributed by atoms with Gasteiger partial charge in [0.2, 0.25) is 0 Å². The number of ether oxygens (including phenoxy) is 1. The zero-order valence-corrected chi connectivity index (χ0v) is 12.6. The van der Waals surface area contributed by atoms with Gasteiger partial charge in [0.25, 0.3) is 0 Å². The zero-order valence-electron chi connectivity index (χ0n) is 9.50. The van der Waals surface area contributed by atoms with Gasteiger partial charge < -0.3 is 4.74 Å². The van der Waals surface area contributed by atoms with E-state index in [0.717, 1.165) is 10.9 Å². The summed E-state index contributed by atoms with van der Waals surface area (Å²) in [6.07, 6.45) is 0.814. The molecule has 0 N–H and O–H groups in total. The fourth-order valence-corrected chi connectivity index (χ4v) is 2.31. The van der Waals surface area contributed by atoms with Gasteiger partial charge in [-0.2, -0.15) is 0 Å². The Morgan fingerprint density at radius 3 is 2.17 bits per heavy atom. The van der Waals surface area contributed by atoms with E-state index in [4.69, 9.17) is 27.9 Å². The molecule has 18 heavy (non-hydrogen) atoms. The quantitative estimate of drug-likeness (QED) is 0.723. The molecule has 0 bridgehead atoms. The van der Waals surface area contributed by atoms with Crippen molar-refractivity contribution in [3.63, 3.8) is 0 Å². The minimum atomic E-state index is 0.540. The van der Waals surface area contributed by atoms with Crippen molar-refractivity contribution in [2.75, 3.05) is 6.61 Å². The van der Waals surface area contributed by atoms with E-state index < -0.39 is 0 Å². The molecule has 0 unspecified atom stereocenters. The zero-order chi connectivity index (χ0) is 13.0. The molecule has 2 aromatic rings. The lowest BCUT2D eigenvalue weighted by Gasteiger charge is -2.09. The summed E-state index contributed by atoms with van der Waals surface area (Å²) >= 11 is 15.4. The molecule has 0 spiro atoms. The van der Waals surface area contributed by atoms with Gasteiger partial charge in [-0.25, -0.2) is 0 Å². The van der Waals surface area contributed by atoms with Crippen molar-refractivity contribution in [1.82, 2.24) is 0 Å². The molecule has 2 rings (SSSR count). The molecule has 0 aromatic heterocycles. The summed E-state index contributed by atoms with van der Waals surface area (Å²) < 4.78 is 6.70. The van der Waals surface area contributed by atoms with Gasteiger partial charge in [-0.05, 0) is 29.8 Å². The summed E-state index contributed by atoms with van der Waals surface area (Å²) in [5, 5.41) is 1.08. The van der Waals surface area contributed by atoms with Gasteiger partial charge in [0, 0.05) is 10.9 Å². The van der Waals surface area contributed by atoms with Crippen molar-refractivity contribution < 1.29 is 4.74 Å². The molecule has 0 aliphatic heterocycles. The highest BCUT2D eigenvalue weighted by Gasteiger charge is 2.06. The maximum absolute atomic E-state index is 6.02. The summed E-state index contributed by atoms with van der Waals surface area (Å²) in [4.78, 5) is 0. The molecule has 0 aliphatic rings.